The van der Waals surface area contributed by atoms with Crippen LogP contribution in [0.4, 0.5) is 0 Å². The predicted octanol–water partition coefficient (Wildman–Crippen LogP) is 11.3. The van der Waals surface area contributed by atoms with Gasteiger partial charge in [-0.05, 0) is 110 Å². The number of benzene rings is 1. The second kappa shape index (κ2) is 14.9. The highest BCUT2D eigenvalue weighted by Crippen LogP contribution is 2.44. The Labute approximate surface area is 268 Å². The molecule has 3 nitrogen and oxygen atoms in total. The molecule has 0 saturated heterocycles. The molecule has 0 aliphatic heterocycles. The number of allylic oxidation sites excluding steroid dienone is 3. The molecule has 5 heteroatoms. The zero-order valence-electron chi connectivity index (χ0n) is 30.2. The molecule has 2 rings (SSSR count). The van der Waals surface area contributed by atoms with Crippen molar-refractivity contribution in [1.82, 2.24) is 0 Å². The molecule has 0 radical (unpaired) electrons. The Hall–Kier alpha value is -1.25. The van der Waals surface area contributed by atoms with Crippen molar-refractivity contribution in [3.05, 3.63) is 71.3 Å². The van der Waals surface area contributed by atoms with Gasteiger partial charge in [-0.1, -0.05) is 104 Å². The normalized spacial score (nSPS) is 21.2. The van der Waals surface area contributed by atoms with E-state index < -0.39 is 22.2 Å². The van der Waals surface area contributed by atoms with Crippen molar-refractivity contribution in [2.24, 2.45) is 5.92 Å². The van der Waals surface area contributed by atoms with Gasteiger partial charge in [0, 0.05) is 6.42 Å². The van der Waals surface area contributed by atoms with Crippen LogP contribution in [0.25, 0.3) is 0 Å². The van der Waals surface area contributed by atoms with Gasteiger partial charge in [-0.25, -0.2) is 0 Å². The van der Waals surface area contributed by atoms with Crippen LogP contribution in [0.1, 0.15) is 112 Å². The Morgan fingerprint density at radius 2 is 1.51 bits per heavy atom. The first-order valence-corrected chi connectivity index (χ1v) is 22.6. The summed E-state index contributed by atoms with van der Waals surface area (Å²) in [5.41, 5.74) is 3.96. The Balaban J connectivity index is 2.02. The minimum atomic E-state index is -1.95. The van der Waals surface area contributed by atoms with Gasteiger partial charge < -0.3 is 14.0 Å². The largest absolute Gasteiger partial charge is 0.413 e. The Bertz CT molecular complexity index is 1110. The first kappa shape index (κ1) is 37.9. The zero-order valence-corrected chi connectivity index (χ0v) is 32.2. The molecule has 1 N–H and O–H groups in total. The highest BCUT2D eigenvalue weighted by Gasteiger charge is 2.44. The number of hydrogen-bond donors (Lipinski definition) is 1. The van der Waals surface area contributed by atoms with Gasteiger partial charge in [0.25, 0.3) is 0 Å². The van der Waals surface area contributed by atoms with Crippen LogP contribution in [0.5, 0.6) is 0 Å². The molecular weight excluding hydrogens is 561 g/mol. The van der Waals surface area contributed by atoms with Crippen LogP contribution in [0.2, 0.25) is 36.3 Å². The molecular formula is C38H66O3Si2. The molecule has 1 aliphatic carbocycles. The van der Waals surface area contributed by atoms with Crippen LogP contribution < -0.4 is 0 Å². The highest BCUT2D eigenvalue weighted by molar-refractivity contribution is 6.74. The SMILES string of the molecule is C=C1C(=CC=CCCC[C@@H](C)CCc2ccccc2C(C)(C)O)C[C@@H](O[Si](C)(C)C(C)(C)C)C[C@@H]1O[Si](C)(C)C(C)(C)C. The molecule has 0 heterocycles. The molecule has 0 amide bonds. The van der Waals surface area contributed by atoms with Crippen LogP contribution in [-0.4, -0.2) is 33.9 Å². The second-order valence-corrected chi connectivity index (χ2v) is 26.3. The van der Waals surface area contributed by atoms with Crippen LogP contribution in [0, 0.1) is 5.92 Å². The third-order valence-corrected chi connectivity index (χ3v) is 19.3. The number of rotatable bonds is 13. The van der Waals surface area contributed by atoms with Gasteiger partial charge in [-0.2, -0.15) is 0 Å². The fourth-order valence-corrected chi connectivity index (χ4v) is 7.97. The van der Waals surface area contributed by atoms with E-state index in [2.05, 4.69) is 118 Å². The average molecular weight is 627 g/mol. The van der Waals surface area contributed by atoms with Gasteiger partial charge in [0.1, 0.15) is 0 Å². The Kier molecular flexibility index (Phi) is 13.1. The van der Waals surface area contributed by atoms with Crippen LogP contribution in [-0.2, 0) is 20.9 Å². The maximum absolute atomic E-state index is 10.5. The lowest BCUT2D eigenvalue weighted by Gasteiger charge is -2.45. The third kappa shape index (κ3) is 11.3. The number of aliphatic hydroxyl groups is 1. The third-order valence-electron chi connectivity index (χ3n) is 10.3. The highest BCUT2D eigenvalue weighted by atomic mass is 28.4. The number of hydrogen-bond acceptors (Lipinski definition) is 3. The van der Waals surface area contributed by atoms with E-state index in [1.54, 1.807) is 0 Å². The van der Waals surface area contributed by atoms with E-state index in [1.807, 2.05) is 19.9 Å². The summed E-state index contributed by atoms with van der Waals surface area (Å²) in [4.78, 5) is 0. The van der Waals surface area contributed by atoms with Crippen molar-refractivity contribution in [1.29, 1.82) is 0 Å². The van der Waals surface area contributed by atoms with Crippen LogP contribution >= 0.6 is 0 Å². The van der Waals surface area contributed by atoms with Crippen molar-refractivity contribution in [3.63, 3.8) is 0 Å². The van der Waals surface area contributed by atoms with E-state index in [-0.39, 0.29) is 22.3 Å². The van der Waals surface area contributed by atoms with E-state index in [4.69, 9.17) is 8.85 Å². The molecule has 244 valence electrons. The van der Waals surface area contributed by atoms with E-state index in [0.29, 0.717) is 5.92 Å². The molecule has 1 aromatic rings. The molecule has 1 aromatic carbocycles. The summed E-state index contributed by atoms with van der Waals surface area (Å²) in [6, 6.07) is 8.33. The van der Waals surface area contributed by atoms with Gasteiger partial charge in [-0.15, -0.1) is 0 Å². The topological polar surface area (TPSA) is 38.7 Å². The molecule has 1 fully saturated rings. The first-order chi connectivity index (χ1) is 19.5. The minimum Gasteiger partial charge on any atom is -0.413 e. The summed E-state index contributed by atoms with van der Waals surface area (Å²) < 4.78 is 13.9. The average Bonchev–Trinajstić information content (AvgIpc) is 2.85. The lowest BCUT2D eigenvalue weighted by molar-refractivity contribution is 0.0775. The fourth-order valence-electron chi connectivity index (χ4n) is 5.30. The zero-order chi connectivity index (χ0) is 32.9. The van der Waals surface area contributed by atoms with Crippen molar-refractivity contribution >= 4 is 16.6 Å². The van der Waals surface area contributed by atoms with Crippen molar-refractivity contribution in [2.45, 2.75) is 161 Å². The maximum atomic E-state index is 10.5. The first-order valence-electron chi connectivity index (χ1n) is 16.8. The lowest BCUT2D eigenvalue weighted by atomic mass is 9.86. The fraction of sp³-hybridized carbons (Fsp3) is 0.684. The monoisotopic (exact) mass is 626 g/mol. The molecule has 43 heavy (non-hydrogen) atoms. The van der Waals surface area contributed by atoms with Crippen molar-refractivity contribution in [2.75, 3.05) is 0 Å². The van der Waals surface area contributed by atoms with Gasteiger partial charge >= 0.3 is 0 Å². The smallest absolute Gasteiger partial charge is 0.192 e. The molecule has 3 atom stereocenters. The molecule has 1 saturated carbocycles. The summed E-state index contributed by atoms with van der Waals surface area (Å²) in [7, 11) is -3.85. The van der Waals surface area contributed by atoms with Crippen molar-refractivity contribution in [3.8, 4) is 0 Å². The minimum absolute atomic E-state index is 0.0199. The maximum Gasteiger partial charge on any atom is 0.192 e. The van der Waals surface area contributed by atoms with Gasteiger partial charge in [0.05, 0.1) is 17.8 Å². The van der Waals surface area contributed by atoms with E-state index in [1.165, 1.54) is 24.0 Å². The Morgan fingerprint density at radius 3 is 2.09 bits per heavy atom. The summed E-state index contributed by atoms with van der Waals surface area (Å²) in [6.07, 6.45) is 14.5. The standard InChI is InChI=1S/C38H66O3Si2/c1-29(25-26-31-22-19-20-24-34(31)38(9,10)39)21-17-15-16-18-23-32-27-33(40-42(11,12)36(3,4)5)28-35(30(32)2)41-43(13,14)37(6,7)8/h16,18-20,22-24,29,33,35,39H,2,15,17,21,25-28H2,1,3-14H3/t29-,33-,35+/m1/s1. The van der Waals surface area contributed by atoms with Crippen LogP contribution in [0.3, 0.4) is 0 Å². The molecule has 0 bridgehead atoms. The van der Waals surface area contributed by atoms with Gasteiger partial charge in [0.2, 0.25) is 0 Å². The molecule has 0 spiro atoms. The van der Waals surface area contributed by atoms with Gasteiger partial charge in [-0.3, -0.25) is 0 Å². The van der Waals surface area contributed by atoms with Crippen LogP contribution in [0.15, 0.2) is 60.2 Å². The van der Waals surface area contributed by atoms with Gasteiger partial charge in [0.15, 0.2) is 16.6 Å². The summed E-state index contributed by atoms with van der Waals surface area (Å²) in [5, 5.41) is 10.9. The van der Waals surface area contributed by atoms with E-state index in [9.17, 15) is 5.11 Å². The van der Waals surface area contributed by atoms with E-state index in [0.717, 1.165) is 43.2 Å². The Morgan fingerprint density at radius 1 is 0.930 bits per heavy atom. The summed E-state index contributed by atoms with van der Waals surface area (Å²) in [6.45, 7) is 34.0. The molecule has 1 aliphatic rings. The molecule has 0 aromatic heterocycles. The quantitative estimate of drug-likeness (QED) is 0.175. The number of aryl methyl sites for hydroxylation is 1. The second-order valence-electron chi connectivity index (χ2n) is 16.7. The number of unbranched alkanes of at least 4 members (excludes halogenated alkanes) is 1. The molecule has 0 unspecified atom stereocenters. The predicted molar refractivity (Wildman–Crippen MR) is 193 cm³/mol. The van der Waals surface area contributed by atoms with E-state index >= 15 is 0 Å². The summed E-state index contributed by atoms with van der Waals surface area (Å²) >= 11 is 0. The summed E-state index contributed by atoms with van der Waals surface area (Å²) in [5.74, 6) is 0.654. The lowest BCUT2D eigenvalue weighted by Crippen LogP contribution is -2.49. The van der Waals surface area contributed by atoms with Crippen molar-refractivity contribution < 1.29 is 14.0 Å².